The van der Waals surface area contributed by atoms with Gasteiger partial charge >= 0.3 is 0 Å². The Bertz CT molecular complexity index is 277. The number of hydrogen-bond donors (Lipinski definition) is 6. The number of hydrogen-bond acceptors (Lipinski definition) is 6. The second kappa shape index (κ2) is 4.06. The van der Waals surface area contributed by atoms with E-state index in [4.69, 9.17) is 0 Å². The second-order valence-corrected chi connectivity index (χ2v) is 4.13. The molecule has 0 aromatic carbocycles. The van der Waals surface area contributed by atoms with E-state index >= 15 is 0 Å². The van der Waals surface area contributed by atoms with Crippen LogP contribution in [0.2, 0.25) is 0 Å². The molecule has 0 aromatic rings. The van der Waals surface area contributed by atoms with Crippen LogP contribution in [0.1, 0.15) is 0 Å². The van der Waals surface area contributed by atoms with Gasteiger partial charge in [0.15, 0.2) is 0 Å². The van der Waals surface area contributed by atoms with Crippen molar-refractivity contribution in [3.8, 4) is 0 Å². The summed E-state index contributed by atoms with van der Waals surface area (Å²) in [4.78, 5) is 3.00. The van der Waals surface area contributed by atoms with Gasteiger partial charge in [0, 0.05) is 0 Å². The molecule has 12 heteroatoms. The lowest BCUT2D eigenvalue weighted by molar-refractivity contribution is 0.460. The molecule has 0 heterocycles. The zero-order chi connectivity index (χ0) is 9.83. The molecule has 0 aliphatic heterocycles. The van der Waals surface area contributed by atoms with Crippen molar-refractivity contribution in [1.82, 2.24) is 20.7 Å². The van der Waals surface area contributed by atoms with Gasteiger partial charge in [-0.05, 0) is 0 Å². The Morgan fingerprint density at radius 2 is 1.00 bits per heavy atom. The molecule has 0 saturated carbocycles. The van der Waals surface area contributed by atoms with Gasteiger partial charge in [0.25, 0.3) is 20.4 Å². The highest BCUT2D eigenvalue weighted by molar-refractivity contribution is 7.87. The third kappa shape index (κ3) is 9.66. The first kappa shape index (κ1) is 11.7. The first-order valence-electron chi connectivity index (χ1n) is 2.30. The molecule has 0 rings (SSSR count). The summed E-state index contributed by atoms with van der Waals surface area (Å²) in [6.07, 6.45) is 0. The number of nitrogens with two attached hydrogens (primary N) is 2. The largest absolute Gasteiger partial charge is 0.288 e. The molecule has 0 spiro atoms. The van der Waals surface area contributed by atoms with Crippen molar-refractivity contribution in [3.63, 3.8) is 0 Å². The maximum Gasteiger partial charge on any atom is 0.288 e. The topological polar surface area (TPSA) is 168 Å². The van der Waals surface area contributed by atoms with Gasteiger partial charge in [0.2, 0.25) is 0 Å². The van der Waals surface area contributed by atoms with Gasteiger partial charge in [-0.1, -0.05) is 0 Å². The van der Waals surface area contributed by atoms with Crippen LogP contribution in [0.5, 0.6) is 0 Å². The Morgan fingerprint density at radius 3 is 1.17 bits per heavy atom. The van der Waals surface area contributed by atoms with E-state index in [2.05, 4.69) is 10.3 Å². The van der Waals surface area contributed by atoms with E-state index in [0.29, 0.717) is 0 Å². The lowest BCUT2D eigenvalue weighted by Gasteiger charge is -2.05. The van der Waals surface area contributed by atoms with E-state index in [0.717, 1.165) is 0 Å². The van der Waals surface area contributed by atoms with Gasteiger partial charge in [-0.2, -0.15) is 27.9 Å². The number of hydrazine groups is 3. The van der Waals surface area contributed by atoms with Crippen LogP contribution in [0.3, 0.4) is 0 Å². The summed E-state index contributed by atoms with van der Waals surface area (Å²) in [6, 6.07) is 0. The predicted molar refractivity (Wildman–Crippen MR) is 38.8 cm³/mol. The zero-order valence-corrected chi connectivity index (χ0v) is 7.24. The molecule has 0 unspecified atom stereocenters. The van der Waals surface area contributed by atoms with Gasteiger partial charge in [0.1, 0.15) is 0 Å². The lowest BCUT2D eigenvalue weighted by Crippen LogP contribution is -2.56. The van der Waals surface area contributed by atoms with Crippen molar-refractivity contribution >= 4 is 20.4 Å². The summed E-state index contributed by atoms with van der Waals surface area (Å²) in [5.41, 5.74) is 3.40. The fourth-order valence-corrected chi connectivity index (χ4v) is 0.580. The van der Waals surface area contributed by atoms with Gasteiger partial charge in [-0.25, -0.2) is 10.3 Å². The molecule has 0 fully saturated rings. The van der Waals surface area contributed by atoms with Gasteiger partial charge < -0.3 is 0 Å². The van der Waals surface area contributed by atoms with Crippen LogP contribution in [-0.4, -0.2) is 16.8 Å². The van der Waals surface area contributed by atoms with Gasteiger partial charge in [-0.3, -0.25) is 0 Å². The minimum absolute atomic E-state index is 1.50. The molecular formula is H8N6O4S2. The van der Waals surface area contributed by atoms with Crippen molar-refractivity contribution < 1.29 is 16.8 Å². The molecule has 0 aliphatic rings. The highest BCUT2D eigenvalue weighted by atomic mass is 32.2. The predicted octanol–water partition coefficient (Wildman–Crippen LogP) is -4.50. The minimum atomic E-state index is -3.94. The van der Waals surface area contributed by atoms with E-state index in [1.807, 2.05) is 0 Å². The van der Waals surface area contributed by atoms with Crippen LogP contribution in [0.4, 0.5) is 0 Å². The molecule has 0 bridgehead atoms. The summed E-state index contributed by atoms with van der Waals surface area (Å²) in [5.74, 6) is 0. The first-order chi connectivity index (χ1) is 5.21. The molecule has 10 nitrogen and oxygen atoms in total. The molecule has 0 aromatic heterocycles. The summed E-state index contributed by atoms with van der Waals surface area (Å²) in [7, 11) is -7.88. The van der Waals surface area contributed by atoms with Crippen molar-refractivity contribution in [1.29, 1.82) is 0 Å². The molecule has 0 atom stereocenters. The van der Waals surface area contributed by atoms with E-state index in [1.54, 1.807) is 11.1 Å². The summed E-state index contributed by atoms with van der Waals surface area (Å²) >= 11 is 0. The third-order valence-corrected chi connectivity index (χ3v) is 1.22. The van der Waals surface area contributed by atoms with Crippen molar-refractivity contribution in [2.24, 2.45) is 10.3 Å². The van der Waals surface area contributed by atoms with Crippen LogP contribution < -0.4 is 31.0 Å². The van der Waals surface area contributed by atoms with E-state index < -0.39 is 20.4 Å². The normalized spacial score (nSPS) is 13.2. The van der Waals surface area contributed by atoms with Crippen LogP contribution in [0.25, 0.3) is 0 Å². The van der Waals surface area contributed by atoms with Crippen molar-refractivity contribution in [3.05, 3.63) is 0 Å². The fraction of sp³-hybridized carbons (Fsp3) is 0. The smallest absolute Gasteiger partial charge is 0.215 e. The van der Waals surface area contributed by atoms with Crippen LogP contribution >= 0.6 is 0 Å². The Morgan fingerprint density at radius 1 is 0.750 bits per heavy atom. The molecule has 74 valence electrons. The van der Waals surface area contributed by atoms with Crippen LogP contribution in [0, 0.1) is 0 Å². The average molecular weight is 220 g/mol. The average Bonchev–Trinajstić information content (AvgIpc) is 1.76. The Kier molecular flexibility index (Phi) is 3.94. The summed E-state index contributed by atoms with van der Waals surface area (Å²) in [5, 5.41) is 8.87. The summed E-state index contributed by atoms with van der Waals surface area (Å²) < 4.78 is 40.4. The summed E-state index contributed by atoms with van der Waals surface area (Å²) in [6.45, 7) is 0. The minimum Gasteiger partial charge on any atom is -0.215 e. The van der Waals surface area contributed by atoms with E-state index in [9.17, 15) is 16.8 Å². The highest BCUT2D eigenvalue weighted by Crippen LogP contribution is 1.58. The maximum atomic E-state index is 10.1. The standard InChI is InChI=1S/H8N6O4S2/c1-11(7,8)5-3-4-6-12(2,9)10/h3-6H,(H2,1,7,8)(H2,2,9,10). The highest BCUT2D eigenvalue weighted by Gasteiger charge is 2.00. The first-order valence-corrected chi connectivity index (χ1v) is 5.39. The Hall–Kier alpha value is -0.340. The van der Waals surface area contributed by atoms with E-state index in [1.165, 1.54) is 9.66 Å². The molecule has 12 heavy (non-hydrogen) atoms. The molecule has 0 saturated heterocycles. The van der Waals surface area contributed by atoms with Gasteiger partial charge in [0.05, 0.1) is 0 Å². The zero-order valence-electron chi connectivity index (χ0n) is 5.60. The molecule has 8 N–H and O–H groups in total. The number of rotatable bonds is 5. The molecule has 0 amide bonds. The van der Waals surface area contributed by atoms with Crippen LogP contribution in [0.15, 0.2) is 0 Å². The monoisotopic (exact) mass is 220 g/mol. The molecule has 0 aliphatic carbocycles. The third-order valence-electron chi connectivity index (χ3n) is 0.449. The van der Waals surface area contributed by atoms with Gasteiger partial charge in [-0.15, -0.1) is 9.66 Å². The number of nitrogens with one attached hydrogen (secondary N) is 4. The van der Waals surface area contributed by atoms with E-state index in [-0.39, 0.29) is 0 Å². The molecule has 0 radical (unpaired) electrons. The SMILES string of the molecule is NS(=O)(=O)NNNNS(N)(=O)=O. The van der Waals surface area contributed by atoms with Crippen molar-refractivity contribution in [2.75, 3.05) is 0 Å². The van der Waals surface area contributed by atoms with Crippen LogP contribution in [-0.2, 0) is 20.4 Å². The Labute approximate surface area is 69.0 Å². The fourth-order valence-electron chi connectivity index (χ4n) is 0.193. The quantitative estimate of drug-likeness (QED) is 0.201. The van der Waals surface area contributed by atoms with Crippen molar-refractivity contribution in [2.45, 2.75) is 0 Å². The maximum absolute atomic E-state index is 10.1. The Balaban J connectivity index is 3.62. The second-order valence-electron chi connectivity index (χ2n) is 1.54. The molecular weight excluding hydrogens is 212 g/mol. The lowest BCUT2D eigenvalue weighted by atomic mass is 12.4.